The van der Waals surface area contributed by atoms with E-state index >= 15 is 0 Å². The van der Waals surface area contributed by atoms with Crippen LogP contribution in [-0.4, -0.2) is 24.6 Å². The van der Waals surface area contributed by atoms with E-state index in [0.717, 1.165) is 0 Å². The third-order valence-electron chi connectivity index (χ3n) is 1.84. The monoisotopic (exact) mass is 230 g/mol. The number of hydrogen-bond donors (Lipinski definition) is 0. The Bertz CT molecular complexity index is 233. The van der Waals surface area contributed by atoms with Crippen molar-refractivity contribution in [1.29, 1.82) is 0 Å². The summed E-state index contributed by atoms with van der Waals surface area (Å²) in [5.74, 6) is -0.398. The lowest BCUT2D eigenvalue weighted by Gasteiger charge is -2.15. The molecule has 0 N–H and O–H groups in total. The summed E-state index contributed by atoms with van der Waals surface area (Å²) >= 11 is 0. The molecule has 4 heteroatoms. The van der Waals surface area contributed by atoms with Gasteiger partial charge in [-0.05, 0) is 12.8 Å². The first-order chi connectivity index (χ1) is 7.32. The second-order valence-electron chi connectivity index (χ2n) is 4.68. The predicted molar refractivity (Wildman–Crippen MR) is 60.8 cm³/mol. The summed E-state index contributed by atoms with van der Waals surface area (Å²) in [5, 5.41) is 0. The van der Waals surface area contributed by atoms with Crippen molar-refractivity contribution in [3.8, 4) is 0 Å². The lowest BCUT2D eigenvalue weighted by Crippen LogP contribution is -2.24. The number of rotatable bonds is 6. The lowest BCUT2D eigenvalue weighted by atomic mass is 10.1. The summed E-state index contributed by atoms with van der Waals surface area (Å²) in [6.45, 7) is 9.26. The molecule has 0 amide bonds. The molecule has 0 aromatic rings. The molecular formula is C12H22O4. The average molecular weight is 230 g/mol. The van der Waals surface area contributed by atoms with Crippen LogP contribution in [0.25, 0.3) is 0 Å². The van der Waals surface area contributed by atoms with Crippen LogP contribution in [0.5, 0.6) is 0 Å². The van der Waals surface area contributed by atoms with Crippen molar-refractivity contribution < 1.29 is 19.1 Å². The van der Waals surface area contributed by atoms with Crippen LogP contribution in [0.1, 0.15) is 41.0 Å². The van der Waals surface area contributed by atoms with Crippen molar-refractivity contribution >= 4 is 11.9 Å². The molecule has 94 valence electrons. The SMILES string of the molecule is CC(C)CC(=O)OCC(C)OC(=O)C(C)C. The predicted octanol–water partition coefficient (Wildman–Crippen LogP) is 2.16. The van der Waals surface area contributed by atoms with Crippen LogP contribution >= 0.6 is 0 Å². The fraction of sp³-hybridized carbons (Fsp3) is 0.833. The zero-order chi connectivity index (χ0) is 12.7. The molecule has 16 heavy (non-hydrogen) atoms. The van der Waals surface area contributed by atoms with E-state index < -0.39 is 0 Å². The van der Waals surface area contributed by atoms with Crippen molar-refractivity contribution in [2.45, 2.75) is 47.1 Å². The van der Waals surface area contributed by atoms with Crippen molar-refractivity contribution in [2.75, 3.05) is 6.61 Å². The van der Waals surface area contributed by atoms with Crippen molar-refractivity contribution in [3.05, 3.63) is 0 Å². The van der Waals surface area contributed by atoms with E-state index in [-0.39, 0.29) is 36.5 Å². The number of ether oxygens (including phenoxy) is 2. The van der Waals surface area contributed by atoms with Gasteiger partial charge in [0.1, 0.15) is 12.7 Å². The Hall–Kier alpha value is -1.06. The largest absolute Gasteiger partial charge is 0.462 e. The Morgan fingerprint density at radius 2 is 1.62 bits per heavy atom. The van der Waals surface area contributed by atoms with Gasteiger partial charge in [-0.25, -0.2) is 0 Å². The Morgan fingerprint density at radius 3 is 2.06 bits per heavy atom. The maximum absolute atomic E-state index is 11.2. The molecule has 0 aliphatic carbocycles. The fourth-order valence-electron chi connectivity index (χ4n) is 0.971. The highest BCUT2D eigenvalue weighted by molar-refractivity contribution is 5.72. The number of esters is 2. The molecule has 4 nitrogen and oxygen atoms in total. The highest BCUT2D eigenvalue weighted by Gasteiger charge is 2.15. The second kappa shape index (κ2) is 7.25. The van der Waals surface area contributed by atoms with Gasteiger partial charge in [-0.15, -0.1) is 0 Å². The molecule has 0 bridgehead atoms. The van der Waals surface area contributed by atoms with Crippen molar-refractivity contribution in [2.24, 2.45) is 11.8 Å². The minimum Gasteiger partial charge on any atom is -0.462 e. The standard InChI is InChI=1S/C12H22O4/c1-8(2)6-11(13)15-7-10(5)16-12(14)9(3)4/h8-10H,6-7H2,1-5H3. The molecule has 0 aliphatic heterocycles. The van der Waals surface area contributed by atoms with E-state index in [1.807, 2.05) is 13.8 Å². The Balaban J connectivity index is 3.77. The smallest absolute Gasteiger partial charge is 0.308 e. The zero-order valence-corrected chi connectivity index (χ0v) is 10.8. The first kappa shape index (κ1) is 14.9. The summed E-state index contributed by atoms with van der Waals surface area (Å²) in [6, 6.07) is 0. The van der Waals surface area contributed by atoms with E-state index in [9.17, 15) is 9.59 Å². The number of hydrogen-bond acceptors (Lipinski definition) is 4. The molecule has 0 rings (SSSR count). The summed E-state index contributed by atoms with van der Waals surface area (Å²) < 4.78 is 10.0. The Kier molecular flexibility index (Phi) is 6.77. The van der Waals surface area contributed by atoms with Gasteiger partial charge in [0.2, 0.25) is 0 Å². The quantitative estimate of drug-likeness (QED) is 0.656. The number of carbonyl (C=O) groups is 2. The summed E-state index contributed by atoms with van der Waals surface area (Å²) in [4.78, 5) is 22.4. The third kappa shape index (κ3) is 7.26. The van der Waals surface area contributed by atoms with Crippen LogP contribution in [0, 0.1) is 11.8 Å². The van der Waals surface area contributed by atoms with Gasteiger partial charge in [0.25, 0.3) is 0 Å². The topological polar surface area (TPSA) is 52.6 Å². The van der Waals surface area contributed by atoms with E-state index in [4.69, 9.17) is 9.47 Å². The summed E-state index contributed by atoms with van der Waals surface area (Å²) in [6.07, 6.45) is 0.0104. The van der Waals surface area contributed by atoms with E-state index in [1.165, 1.54) is 0 Å². The maximum Gasteiger partial charge on any atom is 0.308 e. The minimum atomic E-state index is -0.383. The van der Waals surface area contributed by atoms with E-state index in [1.54, 1.807) is 20.8 Å². The highest BCUT2D eigenvalue weighted by atomic mass is 16.6. The van der Waals surface area contributed by atoms with Gasteiger partial charge >= 0.3 is 11.9 Å². The van der Waals surface area contributed by atoms with Crippen LogP contribution in [0.15, 0.2) is 0 Å². The molecule has 0 fully saturated rings. The van der Waals surface area contributed by atoms with Gasteiger partial charge in [0, 0.05) is 6.42 Å². The summed E-state index contributed by atoms with van der Waals surface area (Å²) in [5.41, 5.74) is 0. The van der Waals surface area contributed by atoms with Crippen LogP contribution in [0.4, 0.5) is 0 Å². The average Bonchev–Trinajstić information content (AvgIpc) is 2.13. The van der Waals surface area contributed by atoms with Gasteiger partial charge < -0.3 is 9.47 Å². The van der Waals surface area contributed by atoms with Gasteiger partial charge in [-0.3, -0.25) is 9.59 Å². The molecule has 0 heterocycles. The fourth-order valence-corrected chi connectivity index (χ4v) is 0.971. The normalized spacial score (nSPS) is 12.7. The van der Waals surface area contributed by atoms with Gasteiger partial charge in [-0.2, -0.15) is 0 Å². The molecule has 0 radical (unpaired) electrons. The van der Waals surface area contributed by atoms with Crippen molar-refractivity contribution in [3.63, 3.8) is 0 Å². The Labute approximate surface area is 97.3 Å². The van der Waals surface area contributed by atoms with E-state index in [2.05, 4.69) is 0 Å². The molecule has 1 unspecified atom stereocenters. The molecule has 1 atom stereocenters. The summed E-state index contributed by atoms with van der Waals surface area (Å²) in [7, 11) is 0. The molecule has 0 saturated carbocycles. The van der Waals surface area contributed by atoms with Gasteiger partial charge in [-0.1, -0.05) is 27.7 Å². The highest BCUT2D eigenvalue weighted by Crippen LogP contribution is 2.04. The van der Waals surface area contributed by atoms with Crippen LogP contribution in [0.2, 0.25) is 0 Å². The maximum atomic E-state index is 11.2. The van der Waals surface area contributed by atoms with E-state index in [0.29, 0.717) is 6.42 Å². The van der Waals surface area contributed by atoms with Gasteiger partial charge in [0.05, 0.1) is 5.92 Å². The molecule has 0 aromatic carbocycles. The number of carbonyl (C=O) groups excluding carboxylic acids is 2. The zero-order valence-electron chi connectivity index (χ0n) is 10.8. The van der Waals surface area contributed by atoms with Crippen molar-refractivity contribution in [1.82, 2.24) is 0 Å². The second-order valence-corrected chi connectivity index (χ2v) is 4.68. The minimum absolute atomic E-state index is 0.129. The third-order valence-corrected chi connectivity index (χ3v) is 1.84. The molecule has 0 saturated heterocycles. The lowest BCUT2D eigenvalue weighted by molar-refractivity contribution is -0.160. The molecule has 0 spiro atoms. The molecule has 0 aromatic heterocycles. The Morgan fingerprint density at radius 1 is 1.06 bits per heavy atom. The van der Waals surface area contributed by atoms with Crippen LogP contribution in [0.3, 0.4) is 0 Å². The van der Waals surface area contributed by atoms with Crippen LogP contribution in [-0.2, 0) is 19.1 Å². The van der Waals surface area contributed by atoms with Gasteiger partial charge in [0.15, 0.2) is 0 Å². The molecular weight excluding hydrogens is 208 g/mol. The first-order valence-electron chi connectivity index (χ1n) is 5.69. The van der Waals surface area contributed by atoms with Crippen LogP contribution < -0.4 is 0 Å². The molecule has 0 aliphatic rings. The first-order valence-corrected chi connectivity index (χ1v) is 5.69.